The Morgan fingerprint density at radius 1 is 1.08 bits per heavy atom. The van der Waals surface area contributed by atoms with E-state index in [9.17, 15) is 14.7 Å². The van der Waals surface area contributed by atoms with E-state index in [-0.39, 0.29) is 11.3 Å². The fourth-order valence-corrected chi connectivity index (χ4v) is 4.13. The highest BCUT2D eigenvalue weighted by molar-refractivity contribution is 6.51. The highest BCUT2D eigenvalue weighted by atomic mass is 16.5. The number of hydrogen-bond donors (Lipinski definition) is 1. The summed E-state index contributed by atoms with van der Waals surface area (Å²) >= 11 is 0. The molecule has 0 bridgehead atoms. The van der Waals surface area contributed by atoms with E-state index in [1.807, 2.05) is 13.8 Å². The lowest BCUT2D eigenvalue weighted by Crippen LogP contribution is -2.29. The summed E-state index contributed by atoms with van der Waals surface area (Å²) in [5.74, 6) is 0.214. The summed E-state index contributed by atoms with van der Waals surface area (Å²) in [5.41, 5.74) is 1.66. The molecule has 1 amide bonds. The summed E-state index contributed by atoms with van der Waals surface area (Å²) < 4.78 is 17.2. The Morgan fingerprint density at radius 3 is 2.56 bits per heavy atom. The first-order chi connectivity index (χ1) is 17.3. The first-order valence-electron chi connectivity index (χ1n) is 12.1. The average molecular weight is 490 g/mol. The SMILES string of the molecule is CCCOc1cccc(N2C(=O)C(=O)/C(=C(\O)c3ccc(OCC(C)C)c(C)c3)C2c2ccco2)c1. The van der Waals surface area contributed by atoms with Crippen LogP contribution in [0.4, 0.5) is 5.69 Å². The van der Waals surface area contributed by atoms with Gasteiger partial charge in [-0.2, -0.15) is 0 Å². The fourth-order valence-electron chi connectivity index (χ4n) is 4.13. The number of ketones is 1. The van der Waals surface area contributed by atoms with Gasteiger partial charge in [0.25, 0.3) is 11.7 Å². The molecule has 7 nitrogen and oxygen atoms in total. The number of carbonyl (C=O) groups excluding carboxylic acids is 2. The fraction of sp³-hybridized carbons (Fsp3) is 0.310. The maximum absolute atomic E-state index is 13.3. The molecule has 1 aliphatic rings. The van der Waals surface area contributed by atoms with Gasteiger partial charge >= 0.3 is 0 Å². The van der Waals surface area contributed by atoms with Crippen molar-refractivity contribution in [3.63, 3.8) is 0 Å². The molecule has 7 heteroatoms. The normalized spacial score (nSPS) is 17.1. The van der Waals surface area contributed by atoms with Crippen LogP contribution >= 0.6 is 0 Å². The molecule has 1 N–H and O–H groups in total. The molecule has 1 aromatic heterocycles. The number of carbonyl (C=O) groups is 2. The smallest absolute Gasteiger partial charge is 0.300 e. The number of rotatable bonds is 9. The minimum Gasteiger partial charge on any atom is -0.507 e. The summed E-state index contributed by atoms with van der Waals surface area (Å²) in [6.45, 7) is 9.10. The summed E-state index contributed by atoms with van der Waals surface area (Å²) in [6.07, 6.45) is 2.31. The maximum atomic E-state index is 13.3. The van der Waals surface area contributed by atoms with Crippen LogP contribution < -0.4 is 14.4 Å². The summed E-state index contributed by atoms with van der Waals surface area (Å²) in [4.78, 5) is 27.9. The van der Waals surface area contributed by atoms with Crippen LogP contribution in [0.5, 0.6) is 11.5 Å². The quantitative estimate of drug-likeness (QED) is 0.224. The zero-order valence-electron chi connectivity index (χ0n) is 21.0. The predicted molar refractivity (Wildman–Crippen MR) is 137 cm³/mol. The number of ether oxygens (including phenoxy) is 2. The van der Waals surface area contributed by atoms with Crippen molar-refractivity contribution in [2.75, 3.05) is 18.1 Å². The largest absolute Gasteiger partial charge is 0.507 e. The van der Waals surface area contributed by atoms with Gasteiger partial charge in [0, 0.05) is 17.3 Å². The monoisotopic (exact) mass is 489 g/mol. The zero-order chi connectivity index (χ0) is 25.8. The molecule has 1 saturated heterocycles. The molecule has 0 radical (unpaired) electrons. The third kappa shape index (κ3) is 5.00. The lowest BCUT2D eigenvalue weighted by Gasteiger charge is -2.24. The van der Waals surface area contributed by atoms with Gasteiger partial charge in [0.2, 0.25) is 0 Å². The topological polar surface area (TPSA) is 89.2 Å². The highest BCUT2D eigenvalue weighted by Crippen LogP contribution is 2.43. The molecule has 2 aromatic carbocycles. The number of aliphatic hydroxyl groups excluding tert-OH is 1. The van der Waals surface area contributed by atoms with Crippen LogP contribution in [0.15, 0.2) is 70.9 Å². The van der Waals surface area contributed by atoms with Crippen molar-refractivity contribution in [2.24, 2.45) is 5.92 Å². The van der Waals surface area contributed by atoms with Crippen molar-refractivity contribution in [2.45, 2.75) is 40.2 Å². The first kappa shape index (κ1) is 25.1. The van der Waals surface area contributed by atoms with Gasteiger partial charge in [-0.3, -0.25) is 14.5 Å². The Hall–Kier alpha value is -4.00. The predicted octanol–water partition coefficient (Wildman–Crippen LogP) is 6.04. The Morgan fingerprint density at radius 2 is 1.89 bits per heavy atom. The van der Waals surface area contributed by atoms with E-state index >= 15 is 0 Å². The van der Waals surface area contributed by atoms with Crippen molar-refractivity contribution in [3.8, 4) is 11.5 Å². The van der Waals surface area contributed by atoms with Gasteiger partial charge in [-0.1, -0.05) is 26.8 Å². The molecule has 0 spiro atoms. The molecule has 0 saturated carbocycles. The molecule has 1 unspecified atom stereocenters. The second-order valence-electron chi connectivity index (χ2n) is 9.22. The maximum Gasteiger partial charge on any atom is 0.300 e. The highest BCUT2D eigenvalue weighted by Gasteiger charge is 2.48. The third-order valence-corrected chi connectivity index (χ3v) is 5.85. The van der Waals surface area contributed by atoms with Crippen LogP contribution in [0.2, 0.25) is 0 Å². The average Bonchev–Trinajstić information content (AvgIpc) is 3.48. The molecule has 36 heavy (non-hydrogen) atoms. The van der Waals surface area contributed by atoms with Gasteiger partial charge in [0.1, 0.15) is 29.1 Å². The zero-order valence-corrected chi connectivity index (χ0v) is 21.0. The Balaban J connectivity index is 1.78. The Labute approximate surface area is 210 Å². The van der Waals surface area contributed by atoms with E-state index in [0.717, 1.165) is 12.0 Å². The van der Waals surface area contributed by atoms with Gasteiger partial charge in [-0.25, -0.2) is 0 Å². The number of anilines is 1. The lowest BCUT2D eigenvalue weighted by molar-refractivity contribution is -0.132. The number of Topliss-reactive ketones (excluding diaryl/α,β-unsaturated/α-hetero) is 1. The van der Waals surface area contributed by atoms with Crippen LogP contribution in [0, 0.1) is 12.8 Å². The Kier molecular flexibility index (Phi) is 7.48. The lowest BCUT2D eigenvalue weighted by atomic mass is 9.98. The molecular formula is C29H31NO6. The van der Waals surface area contributed by atoms with Crippen LogP contribution in [-0.4, -0.2) is 30.0 Å². The summed E-state index contributed by atoms with van der Waals surface area (Å²) in [6, 6.07) is 14.6. The van der Waals surface area contributed by atoms with E-state index in [4.69, 9.17) is 13.9 Å². The number of hydrogen-bond acceptors (Lipinski definition) is 6. The molecule has 1 atom stereocenters. The number of aryl methyl sites for hydroxylation is 1. The molecule has 1 fully saturated rings. The molecule has 0 aliphatic carbocycles. The number of benzene rings is 2. The van der Waals surface area contributed by atoms with Crippen LogP contribution in [0.25, 0.3) is 5.76 Å². The molecule has 3 aromatic rings. The first-order valence-corrected chi connectivity index (χ1v) is 12.1. The number of aliphatic hydroxyl groups is 1. The standard InChI is InChI=1S/C29H31NO6/c1-5-13-34-22-9-6-8-21(16-22)30-26(24-10-7-14-35-24)25(28(32)29(30)33)27(31)20-11-12-23(19(4)15-20)36-17-18(2)3/h6-12,14-16,18,26,31H,5,13,17H2,1-4H3/b27-25-. The Bertz CT molecular complexity index is 1270. The molecule has 1 aliphatic heterocycles. The minimum atomic E-state index is -0.932. The summed E-state index contributed by atoms with van der Waals surface area (Å²) in [7, 11) is 0. The molecule has 4 rings (SSSR count). The molecule has 188 valence electrons. The van der Waals surface area contributed by atoms with Crippen LogP contribution in [0.3, 0.4) is 0 Å². The van der Waals surface area contributed by atoms with Crippen molar-refractivity contribution in [1.29, 1.82) is 0 Å². The second-order valence-corrected chi connectivity index (χ2v) is 9.22. The number of furan rings is 1. The van der Waals surface area contributed by atoms with Crippen LogP contribution in [0.1, 0.15) is 50.1 Å². The van der Waals surface area contributed by atoms with Gasteiger partial charge in [-0.15, -0.1) is 0 Å². The molecule has 2 heterocycles. The minimum absolute atomic E-state index is 0.0370. The van der Waals surface area contributed by atoms with E-state index in [1.165, 1.54) is 11.2 Å². The second kappa shape index (κ2) is 10.7. The number of amides is 1. The van der Waals surface area contributed by atoms with Crippen molar-refractivity contribution in [1.82, 2.24) is 0 Å². The van der Waals surface area contributed by atoms with Crippen LogP contribution in [-0.2, 0) is 9.59 Å². The van der Waals surface area contributed by atoms with E-state index < -0.39 is 17.7 Å². The van der Waals surface area contributed by atoms with Gasteiger partial charge < -0.3 is 19.0 Å². The van der Waals surface area contributed by atoms with E-state index in [0.29, 0.717) is 47.6 Å². The van der Waals surface area contributed by atoms with E-state index in [1.54, 1.807) is 54.6 Å². The van der Waals surface area contributed by atoms with Crippen molar-refractivity contribution >= 4 is 23.1 Å². The van der Waals surface area contributed by atoms with Crippen molar-refractivity contribution < 1.29 is 28.6 Å². The van der Waals surface area contributed by atoms with Crippen molar-refractivity contribution in [3.05, 3.63) is 83.3 Å². The number of nitrogens with zero attached hydrogens (tertiary/aromatic N) is 1. The van der Waals surface area contributed by atoms with Gasteiger partial charge in [-0.05, 0) is 67.3 Å². The molecular weight excluding hydrogens is 458 g/mol. The van der Waals surface area contributed by atoms with E-state index in [2.05, 4.69) is 13.8 Å². The van der Waals surface area contributed by atoms with Gasteiger partial charge in [0.15, 0.2) is 0 Å². The van der Waals surface area contributed by atoms with Gasteiger partial charge in [0.05, 0.1) is 25.1 Å². The summed E-state index contributed by atoms with van der Waals surface area (Å²) in [5, 5.41) is 11.3. The third-order valence-electron chi connectivity index (χ3n) is 5.85.